The normalized spacial score (nSPS) is 11.0. The van der Waals surface area contributed by atoms with E-state index in [0.29, 0.717) is 17.9 Å². The minimum absolute atomic E-state index is 0.177. The van der Waals surface area contributed by atoms with E-state index >= 15 is 0 Å². The molecule has 6 nitrogen and oxygen atoms in total. The Labute approximate surface area is 135 Å². The number of nitrogens with zero attached hydrogens (tertiary/aromatic N) is 2. The van der Waals surface area contributed by atoms with E-state index in [1.165, 1.54) is 0 Å². The number of nitrogen functional groups attached to an aromatic ring is 1. The quantitative estimate of drug-likeness (QED) is 0.621. The van der Waals surface area contributed by atoms with Crippen LogP contribution in [0.15, 0.2) is 28.9 Å². The molecule has 0 fully saturated rings. The average Bonchev–Trinajstić information content (AvgIpc) is 2.87. The van der Waals surface area contributed by atoms with Crippen LogP contribution < -0.4 is 11.1 Å². The number of H-pyrrole nitrogens is 1. The molecule has 0 aliphatic carbocycles. The van der Waals surface area contributed by atoms with Gasteiger partial charge in [-0.1, -0.05) is 15.9 Å². The van der Waals surface area contributed by atoms with E-state index in [1.807, 2.05) is 25.2 Å². The van der Waals surface area contributed by atoms with Gasteiger partial charge in [0, 0.05) is 39.2 Å². The summed E-state index contributed by atoms with van der Waals surface area (Å²) in [7, 11) is 1.84. The molecule has 0 unspecified atom stereocenters. The molecule has 0 bridgehead atoms. The number of aromatic amines is 1. The molecule has 0 amide bonds. The maximum atomic E-state index is 11.5. The van der Waals surface area contributed by atoms with E-state index in [9.17, 15) is 4.79 Å². The predicted molar refractivity (Wildman–Crippen MR) is 89.6 cm³/mol. The summed E-state index contributed by atoms with van der Waals surface area (Å²) in [4.78, 5) is 23.0. The minimum atomic E-state index is 0.177. The van der Waals surface area contributed by atoms with Gasteiger partial charge in [-0.2, -0.15) is 0 Å². The summed E-state index contributed by atoms with van der Waals surface area (Å²) in [6.45, 7) is 0.578. The van der Waals surface area contributed by atoms with Gasteiger partial charge in [-0.3, -0.25) is 4.79 Å². The molecule has 0 saturated heterocycles. The van der Waals surface area contributed by atoms with Gasteiger partial charge in [0.2, 0.25) is 5.95 Å². The molecule has 2 aromatic heterocycles. The van der Waals surface area contributed by atoms with Crippen LogP contribution in [-0.4, -0.2) is 28.3 Å². The zero-order chi connectivity index (χ0) is 15.7. The molecule has 0 atom stereocenters. The number of halogens is 1. The molecule has 1 aromatic carbocycles. The first-order valence-corrected chi connectivity index (χ1v) is 7.46. The van der Waals surface area contributed by atoms with Crippen LogP contribution in [0.3, 0.4) is 0 Å². The Balaban J connectivity index is 2.36. The van der Waals surface area contributed by atoms with Gasteiger partial charge < -0.3 is 16.0 Å². The molecule has 0 saturated carbocycles. The molecular weight excluding hydrogens is 346 g/mol. The van der Waals surface area contributed by atoms with Gasteiger partial charge in [0.25, 0.3) is 0 Å². The second kappa shape index (κ2) is 5.86. The van der Waals surface area contributed by atoms with Crippen molar-refractivity contribution >= 4 is 39.1 Å². The van der Waals surface area contributed by atoms with E-state index in [-0.39, 0.29) is 5.95 Å². The number of rotatable bonds is 4. The maximum Gasteiger partial charge on any atom is 0.220 e. The molecule has 112 valence electrons. The zero-order valence-electron chi connectivity index (χ0n) is 11.9. The Morgan fingerprint density at radius 2 is 2.27 bits per heavy atom. The number of aromatic nitrogens is 3. The predicted octanol–water partition coefficient (Wildman–Crippen LogP) is 2.50. The van der Waals surface area contributed by atoms with E-state index in [1.54, 1.807) is 6.20 Å². The number of carbonyl (C=O) groups is 1. The minimum Gasteiger partial charge on any atom is -0.368 e. The average molecular weight is 360 g/mol. The third-order valence-electron chi connectivity index (χ3n) is 3.39. The number of aldehydes is 1. The molecule has 0 spiro atoms. The van der Waals surface area contributed by atoms with E-state index in [2.05, 4.69) is 36.2 Å². The van der Waals surface area contributed by atoms with Crippen LogP contribution in [0.5, 0.6) is 0 Å². The second-order valence-corrected chi connectivity index (χ2v) is 5.77. The number of nitrogens with one attached hydrogen (secondary N) is 2. The van der Waals surface area contributed by atoms with Crippen molar-refractivity contribution in [1.82, 2.24) is 20.3 Å². The molecule has 4 N–H and O–H groups in total. The van der Waals surface area contributed by atoms with Crippen molar-refractivity contribution in [2.45, 2.75) is 6.54 Å². The highest BCUT2D eigenvalue weighted by atomic mass is 79.9. The number of benzene rings is 1. The molecule has 2 heterocycles. The fourth-order valence-electron chi connectivity index (χ4n) is 2.49. The fraction of sp³-hybridized carbons (Fsp3) is 0.133. The maximum absolute atomic E-state index is 11.5. The Bertz CT molecular complexity index is 859. The highest BCUT2D eigenvalue weighted by molar-refractivity contribution is 9.10. The Morgan fingerprint density at radius 3 is 3.00 bits per heavy atom. The number of anilines is 1. The largest absolute Gasteiger partial charge is 0.368 e. The van der Waals surface area contributed by atoms with Gasteiger partial charge in [0.05, 0.1) is 11.4 Å². The highest BCUT2D eigenvalue weighted by Crippen LogP contribution is 2.34. The second-order valence-electron chi connectivity index (χ2n) is 4.85. The number of carbonyl (C=O) groups excluding carboxylic acids is 1. The molecule has 0 radical (unpaired) electrons. The summed E-state index contributed by atoms with van der Waals surface area (Å²) in [5.74, 6) is 0.177. The summed E-state index contributed by atoms with van der Waals surface area (Å²) in [5, 5.41) is 3.98. The first-order chi connectivity index (χ1) is 10.6. The summed E-state index contributed by atoms with van der Waals surface area (Å²) >= 11 is 3.46. The van der Waals surface area contributed by atoms with Crippen LogP contribution in [-0.2, 0) is 6.54 Å². The zero-order valence-corrected chi connectivity index (χ0v) is 13.4. The molecular formula is C15H14BrN5O. The first-order valence-electron chi connectivity index (χ1n) is 6.66. The first kappa shape index (κ1) is 14.7. The standard InChI is InChI=1S/C15H14BrN5O/c1-18-5-8-6-19-15(17)21-14(8)13-10-4-9(16)2-3-11(10)20-12(13)7-22/h2-4,6-7,18,20H,5H2,1H3,(H2,17,19,21). The summed E-state index contributed by atoms with van der Waals surface area (Å²) < 4.78 is 0.926. The highest BCUT2D eigenvalue weighted by Gasteiger charge is 2.18. The van der Waals surface area contributed by atoms with Crippen molar-refractivity contribution in [2.24, 2.45) is 0 Å². The van der Waals surface area contributed by atoms with Crippen LogP contribution >= 0.6 is 15.9 Å². The van der Waals surface area contributed by atoms with Crippen molar-refractivity contribution in [3.8, 4) is 11.3 Å². The monoisotopic (exact) mass is 359 g/mol. The fourth-order valence-corrected chi connectivity index (χ4v) is 2.85. The van der Waals surface area contributed by atoms with Crippen LogP contribution in [0.25, 0.3) is 22.2 Å². The van der Waals surface area contributed by atoms with Crippen molar-refractivity contribution in [1.29, 1.82) is 0 Å². The van der Waals surface area contributed by atoms with Crippen molar-refractivity contribution in [3.63, 3.8) is 0 Å². The number of hydrogen-bond acceptors (Lipinski definition) is 5. The van der Waals surface area contributed by atoms with Gasteiger partial charge in [0.1, 0.15) is 0 Å². The van der Waals surface area contributed by atoms with Crippen molar-refractivity contribution < 1.29 is 4.79 Å². The topological polar surface area (TPSA) is 96.7 Å². The van der Waals surface area contributed by atoms with Gasteiger partial charge in [0.15, 0.2) is 6.29 Å². The van der Waals surface area contributed by atoms with Gasteiger partial charge in [-0.05, 0) is 25.2 Å². The lowest BCUT2D eigenvalue weighted by Crippen LogP contribution is -2.09. The van der Waals surface area contributed by atoms with E-state index in [4.69, 9.17) is 5.73 Å². The van der Waals surface area contributed by atoms with Crippen molar-refractivity contribution in [2.75, 3.05) is 12.8 Å². The van der Waals surface area contributed by atoms with Gasteiger partial charge >= 0.3 is 0 Å². The molecule has 7 heteroatoms. The van der Waals surface area contributed by atoms with Crippen LogP contribution in [0.2, 0.25) is 0 Å². The molecule has 0 aliphatic heterocycles. The van der Waals surface area contributed by atoms with E-state index < -0.39 is 0 Å². The van der Waals surface area contributed by atoms with Gasteiger partial charge in [-0.15, -0.1) is 0 Å². The lowest BCUT2D eigenvalue weighted by atomic mass is 10.0. The smallest absolute Gasteiger partial charge is 0.220 e. The Morgan fingerprint density at radius 1 is 1.45 bits per heavy atom. The van der Waals surface area contributed by atoms with Gasteiger partial charge in [-0.25, -0.2) is 9.97 Å². The van der Waals surface area contributed by atoms with Crippen LogP contribution in [0.1, 0.15) is 16.1 Å². The lowest BCUT2D eigenvalue weighted by Gasteiger charge is -2.09. The SMILES string of the molecule is CNCc1cnc(N)nc1-c1c(C=O)[nH]c2ccc(Br)cc12. The van der Waals surface area contributed by atoms with Crippen LogP contribution in [0, 0.1) is 0 Å². The molecule has 3 rings (SSSR count). The summed E-state index contributed by atoms with van der Waals surface area (Å²) in [6.07, 6.45) is 2.48. The Kier molecular flexibility index (Phi) is 3.91. The van der Waals surface area contributed by atoms with Crippen LogP contribution in [0.4, 0.5) is 5.95 Å². The summed E-state index contributed by atoms with van der Waals surface area (Å²) in [6, 6.07) is 5.79. The molecule has 22 heavy (non-hydrogen) atoms. The lowest BCUT2D eigenvalue weighted by molar-refractivity contribution is 0.112. The summed E-state index contributed by atoms with van der Waals surface area (Å²) in [5.41, 5.74) is 9.37. The number of hydrogen-bond donors (Lipinski definition) is 3. The van der Waals surface area contributed by atoms with Crippen molar-refractivity contribution in [3.05, 3.63) is 40.1 Å². The molecule has 0 aliphatic rings. The molecule has 3 aromatic rings. The third-order valence-corrected chi connectivity index (χ3v) is 3.89. The third kappa shape index (κ3) is 2.49. The Hall–Kier alpha value is -2.25. The van der Waals surface area contributed by atoms with E-state index in [0.717, 1.165) is 32.8 Å². The number of fused-ring (bicyclic) bond motifs is 1. The number of nitrogens with two attached hydrogens (primary N) is 1.